The van der Waals surface area contributed by atoms with Gasteiger partial charge in [0.2, 0.25) is 5.88 Å². The van der Waals surface area contributed by atoms with Gasteiger partial charge in [-0.2, -0.15) is 0 Å². The van der Waals surface area contributed by atoms with Crippen molar-refractivity contribution in [2.45, 2.75) is 20.4 Å². The standard InChI is InChI=1S/C14H15N3O3/c1-9-6-10(2)13(7-12(9)17(18)19)20-14-11(8-15)4-3-5-16-14/h3-7H,8,15H2,1-2H3. The van der Waals surface area contributed by atoms with Crippen LogP contribution in [-0.2, 0) is 6.54 Å². The van der Waals surface area contributed by atoms with Crippen molar-refractivity contribution in [2.75, 3.05) is 0 Å². The lowest BCUT2D eigenvalue weighted by atomic mass is 10.1. The van der Waals surface area contributed by atoms with E-state index in [1.807, 2.05) is 6.92 Å². The molecule has 20 heavy (non-hydrogen) atoms. The highest BCUT2D eigenvalue weighted by molar-refractivity contribution is 5.50. The number of nitro groups is 1. The molecule has 1 heterocycles. The number of nitrogens with zero attached hydrogens (tertiary/aromatic N) is 2. The van der Waals surface area contributed by atoms with Crippen molar-refractivity contribution in [2.24, 2.45) is 5.73 Å². The zero-order valence-corrected chi connectivity index (χ0v) is 11.3. The summed E-state index contributed by atoms with van der Waals surface area (Å²) in [4.78, 5) is 14.7. The van der Waals surface area contributed by atoms with Gasteiger partial charge in [0.15, 0.2) is 0 Å². The third kappa shape index (κ3) is 2.75. The topological polar surface area (TPSA) is 91.3 Å². The first-order valence-electron chi connectivity index (χ1n) is 6.10. The molecule has 1 aromatic heterocycles. The van der Waals surface area contributed by atoms with Gasteiger partial charge in [-0.15, -0.1) is 0 Å². The summed E-state index contributed by atoms with van der Waals surface area (Å²) in [6.45, 7) is 3.81. The van der Waals surface area contributed by atoms with E-state index < -0.39 is 4.92 Å². The van der Waals surface area contributed by atoms with Crippen LogP contribution in [0.4, 0.5) is 5.69 Å². The molecule has 0 saturated heterocycles. The second-order valence-electron chi connectivity index (χ2n) is 4.44. The third-order valence-corrected chi connectivity index (χ3v) is 2.97. The first kappa shape index (κ1) is 14.0. The smallest absolute Gasteiger partial charge is 0.276 e. The largest absolute Gasteiger partial charge is 0.438 e. The maximum atomic E-state index is 11.0. The van der Waals surface area contributed by atoms with E-state index in [4.69, 9.17) is 10.5 Å². The van der Waals surface area contributed by atoms with E-state index >= 15 is 0 Å². The van der Waals surface area contributed by atoms with Crippen molar-refractivity contribution in [3.05, 3.63) is 57.3 Å². The van der Waals surface area contributed by atoms with Crippen molar-refractivity contribution in [3.8, 4) is 11.6 Å². The zero-order chi connectivity index (χ0) is 14.7. The van der Waals surface area contributed by atoms with Gasteiger partial charge in [0.1, 0.15) is 5.75 Å². The average molecular weight is 273 g/mol. The fraction of sp³-hybridized carbons (Fsp3) is 0.214. The second kappa shape index (κ2) is 5.66. The number of hydrogen-bond acceptors (Lipinski definition) is 5. The Balaban J connectivity index is 2.43. The highest BCUT2D eigenvalue weighted by atomic mass is 16.6. The fourth-order valence-corrected chi connectivity index (χ4v) is 1.90. The van der Waals surface area contributed by atoms with Crippen molar-refractivity contribution < 1.29 is 9.66 Å². The Labute approximate surface area is 116 Å². The van der Waals surface area contributed by atoms with Gasteiger partial charge >= 0.3 is 0 Å². The summed E-state index contributed by atoms with van der Waals surface area (Å²) < 4.78 is 5.68. The Morgan fingerprint density at radius 3 is 2.75 bits per heavy atom. The first-order valence-corrected chi connectivity index (χ1v) is 6.10. The van der Waals surface area contributed by atoms with Crippen LogP contribution in [0.5, 0.6) is 11.6 Å². The summed E-state index contributed by atoms with van der Waals surface area (Å²) in [5.74, 6) is 0.784. The van der Waals surface area contributed by atoms with Crippen LogP contribution in [-0.4, -0.2) is 9.91 Å². The molecule has 2 aromatic rings. The van der Waals surface area contributed by atoms with Gasteiger partial charge in [-0.1, -0.05) is 6.07 Å². The monoisotopic (exact) mass is 273 g/mol. The van der Waals surface area contributed by atoms with Gasteiger partial charge in [-0.05, 0) is 31.5 Å². The summed E-state index contributed by atoms with van der Waals surface area (Å²) in [5.41, 5.74) is 7.79. The first-order chi connectivity index (χ1) is 9.52. The number of aromatic nitrogens is 1. The van der Waals surface area contributed by atoms with Gasteiger partial charge in [0, 0.05) is 23.9 Å². The lowest BCUT2D eigenvalue weighted by Crippen LogP contribution is -2.02. The Morgan fingerprint density at radius 2 is 2.10 bits per heavy atom. The summed E-state index contributed by atoms with van der Waals surface area (Å²) in [7, 11) is 0. The average Bonchev–Trinajstić information content (AvgIpc) is 2.42. The number of benzene rings is 1. The normalized spacial score (nSPS) is 10.3. The molecule has 0 radical (unpaired) electrons. The fourth-order valence-electron chi connectivity index (χ4n) is 1.90. The summed E-state index contributed by atoms with van der Waals surface area (Å²) in [6.07, 6.45) is 1.59. The van der Waals surface area contributed by atoms with Gasteiger partial charge in [-0.25, -0.2) is 4.98 Å². The maximum absolute atomic E-state index is 11.0. The highest BCUT2D eigenvalue weighted by Crippen LogP contribution is 2.31. The minimum Gasteiger partial charge on any atom is -0.438 e. The molecule has 0 fully saturated rings. The number of nitrogens with two attached hydrogens (primary N) is 1. The molecule has 0 atom stereocenters. The lowest BCUT2D eigenvalue weighted by molar-refractivity contribution is -0.385. The van der Waals surface area contributed by atoms with E-state index in [2.05, 4.69) is 4.98 Å². The molecule has 2 N–H and O–H groups in total. The van der Waals surface area contributed by atoms with E-state index in [1.165, 1.54) is 6.07 Å². The SMILES string of the molecule is Cc1cc(C)c([N+](=O)[O-])cc1Oc1ncccc1CN. The summed E-state index contributed by atoms with van der Waals surface area (Å²) >= 11 is 0. The molecule has 6 nitrogen and oxygen atoms in total. The van der Waals surface area contributed by atoms with Crippen LogP contribution in [0, 0.1) is 24.0 Å². The molecule has 0 saturated carbocycles. The quantitative estimate of drug-likeness (QED) is 0.683. The van der Waals surface area contributed by atoms with Gasteiger partial charge in [0.25, 0.3) is 5.69 Å². The van der Waals surface area contributed by atoms with Crippen LogP contribution in [0.3, 0.4) is 0 Å². The van der Waals surface area contributed by atoms with Crippen LogP contribution in [0.25, 0.3) is 0 Å². The van der Waals surface area contributed by atoms with Crippen molar-refractivity contribution >= 4 is 5.69 Å². The highest BCUT2D eigenvalue weighted by Gasteiger charge is 2.16. The van der Waals surface area contributed by atoms with Crippen LogP contribution in [0.2, 0.25) is 0 Å². The maximum Gasteiger partial charge on any atom is 0.276 e. The molecule has 6 heteroatoms. The number of rotatable bonds is 4. The summed E-state index contributed by atoms with van der Waals surface area (Å²) in [6, 6.07) is 6.71. The number of aryl methyl sites for hydroxylation is 2. The molecule has 104 valence electrons. The second-order valence-corrected chi connectivity index (χ2v) is 4.44. The Morgan fingerprint density at radius 1 is 1.35 bits per heavy atom. The minimum absolute atomic E-state index is 0.0239. The predicted molar refractivity (Wildman–Crippen MR) is 74.8 cm³/mol. The van der Waals surface area contributed by atoms with Crippen LogP contribution >= 0.6 is 0 Å². The molecule has 0 bridgehead atoms. The molecule has 2 rings (SSSR count). The molecule has 0 aliphatic carbocycles. The molecule has 0 aliphatic heterocycles. The van der Waals surface area contributed by atoms with Crippen LogP contribution in [0.15, 0.2) is 30.5 Å². The number of nitro benzene ring substituents is 1. The van der Waals surface area contributed by atoms with Crippen LogP contribution in [0.1, 0.15) is 16.7 Å². The molecular formula is C14H15N3O3. The molecular weight excluding hydrogens is 258 g/mol. The molecule has 0 unspecified atom stereocenters. The van der Waals surface area contributed by atoms with E-state index in [0.29, 0.717) is 17.2 Å². The molecule has 0 amide bonds. The Bertz CT molecular complexity index is 656. The van der Waals surface area contributed by atoms with E-state index in [0.717, 1.165) is 11.1 Å². The van der Waals surface area contributed by atoms with E-state index in [9.17, 15) is 10.1 Å². The Kier molecular flexibility index (Phi) is 3.95. The van der Waals surface area contributed by atoms with Gasteiger partial charge < -0.3 is 10.5 Å². The zero-order valence-electron chi connectivity index (χ0n) is 11.3. The predicted octanol–water partition coefficient (Wildman–Crippen LogP) is 2.86. The number of ether oxygens (including phenoxy) is 1. The van der Waals surface area contributed by atoms with Crippen LogP contribution < -0.4 is 10.5 Å². The minimum atomic E-state index is -0.427. The summed E-state index contributed by atoms with van der Waals surface area (Å²) in [5, 5.41) is 11.0. The van der Waals surface area contributed by atoms with Crippen molar-refractivity contribution in [1.82, 2.24) is 4.98 Å². The van der Waals surface area contributed by atoms with E-state index in [1.54, 1.807) is 31.3 Å². The van der Waals surface area contributed by atoms with Crippen molar-refractivity contribution in [1.29, 1.82) is 0 Å². The third-order valence-electron chi connectivity index (χ3n) is 2.97. The lowest BCUT2D eigenvalue weighted by Gasteiger charge is -2.11. The van der Waals surface area contributed by atoms with Crippen molar-refractivity contribution in [3.63, 3.8) is 0 Å². The molecule has 1 aromatic carbocycles. The number of hydrogen-bond donors (Lipinski definition) is 1. The van der Waals surface area contributed by atoms with Gasteiger partial charge in [-0.3, -0.25) is 10.1 Å². The Hall–Kier alpha value is -2.47. The van der Waals surface area contributed by atoms with E-state index in [-0.39, 0.29) is 12.2 Å². The molecule has 0 aliphatic rings. The number of pyridine rings is 1. The van der Waals surface area contributed by atoms with Gasteiger partial charge in [0.05, 0.1) is 11.0 Å². The molecule has 0 spiro atoms.